The van der Waals surface area contributed by atoms with Crippen molar-refractivity contribution in [2.24, 2.45) is 5.92 Å². The van der Waals surface area contributed by atoms with Crippen LogP contribution in [-0.2, 0) is 0 Å². The third-order valence-corrected chi connectivity index (χ3v) is 3.05. The fourth-order valence-corrected chi connectivity index (χ4v) is 2.12. The number of ether oxygens (including phenoxy) is 1. The average molecular weight is 287 g/mol. The Morgan fingerprint density at radius 3 is 2.62 bits per heavy atom. The van der Waals surface area contributed by atoms with Crippen LogP contribution in [0.1, 0.15) is 38.9 Å². The van der Waals surface area contributed by atoms with Gasteiger partial charge < -0.3 is 9.84 Å². The summed E-state index contributed by atoms with van der Waals surface area (Å²) >= 11 is 3.46. The van der Waals surface area contributed by atoms with E-state index >= 15 is 0 Å². The number of benzene rings is 1. The van der Waals surface area contributed by atoms with Crippen molar-refractivity contribution < 1.29 is 9.84 Å². The number of halogens is 1. The summed E-state index contributed by atoms with van der Waals surface area (Å²) in [6.45, 7) is 6.79. The molecule has 1 atom stereocenters. The fourth-order valence-electron chi connectivity index (χ4n) is 1.61. The molecule has 0 saturated carbocycles. The molecule has 0 amide bonds. The minimum absolute atomic E-state index is 0.435. The highest BCUT2D eigenvalue weighted by atomic mass is 79.9. The van der Waals surface area contributed by atoms with E-state index in [4.69, 9.17) is 4.74 Å². The first-order chi connectivity index (χ1) is 7.54. The van der Waals surface area contributed by atoms with Crippen LogP contribution in [0.3, 0.4) is 0 Å². The standard InChI is InChI=1S/C13H19BrO2/c1-4-16-10-5-6-12(14)11(8-10)13(15)7-9(2)3/h5-6,8-9,13,15H,4,7H2,1-3H3. The topological polar surface area (TPSA) is 29.5 Å². The van der Waals surface area contributed by atoms with Crippen LogP contribution in [0.5, 0.6) is 5.75 Å². The number of rotatable bonds is 5. The summed E-state index contributed by atoms with van der Waals surface area (Å²) in [5, 5.41) is 10.1. The fraction of sp³-hybridized carbons (Fsp3) is 0.538. The lowest BCUT2D eigenvalue weighted by Gasteiger charge is -2.16. The van der Waals surface area contributed by atoms with Gasteiger partial charge in [-0.15, -0.1) is 0 Å². The third kappa shape index (κ3) is 3.80. The molecule has 0 aliphatic rings. The zero-order valence-corrected chi connectivity index (χ0v) is 11.6. The van der Waals surface area contributed by atoms with E-state index < -0.39 is 6.10 Å². The predicted octanol–water partition coefficient (Wildman–Crippen LogP) is 3.93. The molecule has 2 nitrogen and oxygen atoms in total. The molecule has 0 aromatic heterocycles. The molecule has 0 fully saturated rings. The Labute approximate surface area is 106 Å². The van der Waals surface area contributed by atoms with Crippen LogP contribution in [0, 0.1) is 5.92 Å². The molecular weight excluding hydrogens is 268 g/mol. The lowest BCUT2D eigenvalue weighted by Crippen LogP contribution is -2.03. The summed E-state index contributed by atoms with van der Waals surface area (Å²) < 4.78 is 6.36. The van der Waals surface area contributed by atoms with Crippen molar-refractivity contribution in [3.05, 3.63) is 28.2 Å². The molecule has 1 unspecified atom stereocenters. The van der Waals surface area contributed by atoms with Crippen molar-refractivity contribution in [2.45, 2.75) is 33.3 Å². The number of aliphatic hydroxyl groups is 1. The first-order valence-corrected chi connectivity index (χ1v) is 6.44. The van der Waals surface area contributed by atoms with Gasteiger partial charge in [-0.05, 0) is 43.0 Å². The van der Waals surface area contributed by atoms with Gasteiger partial charge in [0.2, 0.25) is 0 Å². The normalized spacial score (nSPS) is 12.9. The lowest BCUT2D eigenvalue weighted by atomic mass is 9.99. The molecule has 0 aliphatic carbocycles. The Balaban J connectivity index is 2.88. The SMILES string of the molecule is CCOc1ccc(Br)c(C(O)CC(C)C)c1. The largest absolute Gasteiger partial charge is 0.494 e. The second kappa shape index (κ2) is 6.26. The molecule has 0 bridgehead atoms. The molecule has 0 heterocycles. The molecular formula is C13H19BrO2. The molecule has 1 aromatic carbocycles. The smallest absolute Gasteiger partial charge is 0.119 e. The van der Waals surface area contributed by atoms with Gasteiger partial charge in [-0.2, -0.15) is 0 Å². The van der Waals surface area contributed by atoms with E-state index in [0.717, 1.165) is 22.2 Å². The van der Waals surface area contributed by atoms with Crippen molar-refractivity contribution in [2.75, 3.05) is 6.61 Å². The minimum atomic E-state index is -0.435. The Morgan fingerprint density at radius 2 is 2.06 bits per heavy atom. The van der Waals surface area contributed by atoms with E-state index in [1.54, 1.807) is 0 Å². The van der Waals surface area contributed by atoms with Crippen LogP contribution in [0.4, 0.5) is 0 Å². The van der Waals surface area contributed by atoms with Gasteiger partial charge in [0.1, 0.15) is 5.75 Å². The van der Waals surface area contributed by atoms with Crippen LogP contribution in [0.2, 0.25) is 0 Å². The molecule has 0 aliphatic heterocycles. The summed E-state index contributed by atoms with van der Waals surface area (Å²) in [6, 6.07) is 5.73. The lowest BCUT2D eigenvalue weighted by molar-refractivity contribution is 0.150. The average Bonchev–Trinajstić information content (AvgIpc) is 2.20. The summed E-state index contributed by atoms with van der Waals surface area (Å²) in [7, 11) is 0. The molecule has 90 valence electrons. The number of hydrogen-bond donors (Lipinski definition) is 1. The predicted molar refractivity (Wildman–Crippen MR) is 69.7 cm³/mol. The molecule has 0 radical (unpaired) electrons. The Bertz CT molecular complexity index is 337. The highest BCUT2D eigenvalue weighted by molar-refractivity contribution is 9.10. The second-order valence-corrected chi connectivity index (χ2v) is 5.12. The van der Waals surface area contributed by atoms with Gasteiger partial charge in [-0.25, -0.2) is 0 Å². The molecule has 0 saturated heterocycles. The zero-order chi connectivity index (χ0) is 12.1. The van der Waals surface area contributed by atoms with Gasteiger partial charge >= 0.3 is 0 Å². The van der Waals surface area contributed by atoms with Crippen molar-refractivity contribution in [1.29, 1.82) is 0 Å². The van der Waals surface area contributed by atoms with Crippen LogP contribution in [-0.4, -0.2) is 11.7 Å². The van der Waals surface area contributed by atoms with Crippen molar-refractivity contribution in [3.63, 3.8) is 0 Å². The first-order valence-electron chi connectivity index (χ1n) is 5.64. The second-order valence-electron chi connectivity index (χ2n) is 4.26. The van der Waals surface area contributed by atoms with Crippen molar-refractivity contribution in [1.82, 2.24) is 0 Å². The Hall–Kier alpha value is -0.540. The summed E-state index contributed by atoms with van der Waals surface area (Å²) in [5.74, 6) is 1.28. The van der Waals surface area contributed by atoms with E-state index in [1.807, 2.05) is 25.1 Å². The van der Waals surface area contributed by atoms with E-state index in [2.05, 4.69) is 29.8 Å². The van der Waals surface area contributed by atoms with Crippen molar-refractivity contribution >= 4 is 15.9 Å². The molecule has 1 aromatic rings. The van der Waals surface area contributed by atoms with E-state index in [0.29, 0.717) is 12.5 Å². The van der Waals surface area contributed by atoms with Crippen LogP contribution >= 0.6 is 15.9 Å². The first kappa shape index (κ1) is 13.5. The van der Waals surface area contributed by atoms with Gasteiger partial charge in [-0.3, -0.25) is 0 Å². The van der Waals surface area contributed by atoms with Crippen LogP contribution in [0.15, 0.2) is 22.7 Å². The molecule has 3 heteroatoms. The summed E-state index contributed by atoms with van der Waals surface area (Å²) in [5.41, 5.74) is 0.902. The van der Waals surface area contributed by atoms with Gasteiger partial charge in [-0.1, -0.05) is 29.8 Å². The van der Waals surface area contributed by atoms with E-state index in [-0.39, 0.29) is 0 Å². The molecule has 0 spiro atoms. The Morgan fingerprint density at radius 1 is 1.38 bits per heavy atom. The monoisotopic (exact) mass is 286 g/mol. The maximum Gasteiger partial charge on any atom is 0.119 e. The third-order valence-electron chi connectivity index (χ3n) is 2.33. The highest BCUT2D eigenvalue weighted by Crippen LogP contribution is 2.31. The van der Waals surface area contributed by atoms with Gasteiger partial charge in [0.25, 0.3) is 0 Å². The van der Waals surface area contributed by atoms with E-state index in [1.165, 1.54) is 0 Å². The van der Waals surface area contributed by atoms with Crippen LogP contribution in [0.25, 0.3) is 0 Å². The van der Waals surface area contributed by atoms with Gasteiger partial charge in [0.15, 0.2) is 0 Å². The maximum atomic E-state index is 10.1. The number of hydrogen-bond acceptors (Lipinski definition) is 2. The molecule has 16 heavy (non-hydrogen) atoms. The quantitative estimate of drug-likeness (QED) is 0.889. The summed E-state index contributed by atoms with van der Waals surface area (Å²) in [6.07, 6.45) is 0.323. The Kier molecular flexibility index (Phi) is 5.29. The van der Waals surface area contributed by atoms with Crippen LogP contribution < -0.4 is 4.74 Å². The molecule has 1 N–H and O–H groups in total. The molecule has 1 rings (SSSR count). The highest BCUT2D eigenvalue weighted by Gasteiger charge is 2.13. The maximum absolute atomic E-state index is 10.1. The van der Waals surface area contributed by atoms with E-state index in [9.17, 15) is 5.11 Å². The van der Waals surface area contributed by atoms with Gasteiger partial charge in [0.05, 0.1) is 12.7 Å². The van der Waals surface area contributed by atoms with Gasteiger partial charge in [0, 0.05) is 4.47 Å². The number of aliphatic hydroxyl groups excluding tert-OH is 1. The van der Waals surface area contributed by atoms with Crippen molar-refractivity contribution in [3.8, 4) is 5.75 Å². The minimum Gasteiger partial charge on any atom is -0.494 e. The zero-order valence-electron chi connectivity index (χ0n) is 10.0. The summed E-state index contributed by atoms with van der Waals surface area (Å²) in [4.78, 5) is 0.